The first-order valence-electron chi connectivity index (χ1n) is 7.95. The maximum atomic E-state index is 14.0. The molecule has 0 radical (unpaired) electrons. The molecule has 0 unspecified atom stereocenters. The van der Waals surface area contributed by atoms with Crippen molar-refractivity contribution in [3.8, 4) is 0 Å². The highest BCUT2D eigenvalue weighted by atomic mass is 32.1. The lowest BCUT2D eigenvalue weighted by Crippen LogP contribution is -2.38. The van der Waals surface area contributed by atoms with Crippen LogP contribution in [0, 0.1) is 0 Å². The van der Waals surface area contributed by atoms with Gasteiger partial charge in [-0.25, -0.2) is 9.37 Å². The summed E-state index contributed by atoms with van der Waals surface area (Å²) in [6.45, 7) is 4.02. The Morgan fingerprint density at radius 1 is 1.48 bits per heavy atom. The lowest BCUT2D eigenvalue weighted by atomic mass is 10.2. The second-order valence-corrected chi connectivity index (χ2v) is 6.82. The van der Waals surface area contributed by atoms with E-state index in [-0.39, 0.29) is 6.04 Å². The standard InChI is InChI=1S/C15H23FN6S/c1-4-14-18-15(23-19-14)20(2)9-13-7-11(16)8-22(13)10-12-5-6-17-21(12)3/h5-6,11,13H,4,7-10H2,1-3H3/t11-,13-/m0/s1. The summed E-state index contributed by atoms with van der Waals surface area (Å²) in [4.78, 5) is 8.81. The number of aryl methyl sites for hydroxylation is 2. The molecule has 23 heavy (non-hydrogen) atoms. The maximum absolute atomic E-state index is 14.0. The van der Waals surface area contributed by atoms with E-state index in [0.29, 0.717) is 13.0 Å². The normalized spacial score (nSPS) is 21.9. The minimum absolute atomic E-state index is 0.180. The first-order chi connectivity index (χ1) is 11.1. The quantitative estimate of drug-likeness (QED) is 0.805. The zero-order chi connectivity index (χ0) is 16.4. The predicted molar refractivity (Wildman–Crippen MR) is 89.5 cm³/mol. The van der Waals surface area contributed by atoms with Crippen molar-refractivity contribution in [1.29, 1.82) is 0 Å². The molecule has 1 fully saturated rings. The molecule has 0 bridgehead atoms. The second-order valence-electron chi connectivity index (χ2n) is 6.09. The van der Waals surface area contributed by atoms with Crippen molar-refractivity contribution in [3.63, 3.8) is 0 Å². The molecule has 0 N–H and O–H groups in total. The number of likely N-dealkylation sites (tertiary alicyclic amines) is 1. The van der Waals surface area contributed by atoms with Crippen LogP contribution >= 0.6 is 11.5 Å². The van der Waals surface area contributed by atoms with Gasteiger partial charge in [-0.05, 0) is 12.5 Å². The molecule has 3 heterocycles. The van der Waals surface area contributed by atoms with Crippen LogP contribution in [0.1, 0.15) is 24.9 Å². The zero-order valence-corrected chi connectivity index (χ0v) is 14.6. The molecule has 1 saturated heterocycles. The topological polar surface area (TPSA) is 50.1 Å². The maximum Gasteiger partial charge on any atom is 0.204 e. The van der Waals surface area contributed by atoms with Crippen LogP contribution in [-0.2, 0) is 20.0 Å². The molecule has 8 heteroatoms. The van der Waals surface area contributed by atoms with E-state index in [1.54, 1.807) is 6.20 Å². The molecule has 2 atom stereocenters. The van der Waals surface area contributed by atoms with E-state index >= 15 is 0 Å². The molecule has 2 aromatic rings. The number of rotatable bonds is 6. The van der Waals surface area contributed by atoms with Gasteiger partial charge in [-0.15, -0.1) is 0 Å². The number of alkyl halides is 1. The number of anilines is 1. The molecule has 0 amide bonds. The lowest BCUT2D eigenvalue weighted by Gasteiger charge is -2.27. The SMILES string of the molecule is CCc1nsc(N(C)C[C@@H]2C[C@H](F)CN2Cc2ccnn2C)n1. The van der Waals surface area contributed by atoms with Gasteiger partial charge < -0.3 is 4.90 Å². The van der Waals surface area contributed by atoms with E-state index in [1.165, 1.54) is 11.5 Å². The van der Waals surface area contributed by atoms with Gasteiger partial charge in [0.2, 0.25) is 5.13 Å². The molecule has 126 valence electrons. The third kappa shape index (κ3) is 3.69. The third-order valence-electron chi connectivity index (χ3n) is 4.35. The van der Waals surface area contributed by atoms with Gasteiger partial charge in [0.15, 0.2) is 0 Å². The first kappa shape index (κ1) is 16.3. The molecule has 0 saturated carbocycles. The van der Waals surface area contributed by atoms with Gasteiger partial charge in [0.05, 0.1) is 5.69 Å². The van der Waals surface area contributed by atoms with Gasteiger partial charge in [-0.2, -0.15) is 9.47 Å². The fourth-order valence-corrected chi connectivity index (χ4v) is 3.73. The van der Waals surface area contributed by atoms with E-state index in [9.17, 15) is 4.39 Å². The van der Waals surface area contributed by atoms with Crippen LogP contribution in [0.3, 0.4) is 0 Å². The predicted octanol–water partition coefficient (Wildman–Crippen LogP) is 1.88. The molecular weight excluding hydrogens is 315 g/mol. The second kappa shape index (κ2) is 6.92. The molecule has 3 rings (SSSR count). The Morgan fingerprint density at radius 2 is 2.30 bits per heavy atom. The Balaban J connectivity index is 1.66. The smallest absolute Gasteiger partial charge is 0.204 e. The molecule has 0 aromatic carbocycles. The Morgan fingerprint density at radius 3 is 2.96 bits per heavy atom. The highest BCUT2D eigenvalue weighted by molar-refractivity contribution is 7.09. The molecular formula is C15H23FN6S. The van der Waals surface area contributed by atoms with Crippen molar-refractivity contribution >= 4 is 16.7 Å². The molecule has 1 aliphatic rings. The molecule has 0 aliphatic carbocycles. The van der Waals surface area contributed by atoms with E-state index < -0.39 is 6.17 Å². The number of halogens is 1. The summed E-state index contributed by atoms with van der Waals surface area (Å²) in [6.07, 6.45) is 2.43. The van der Waals surface area contributed by atoms with Crippen molar-refractivity contribution in [1.82, 2.24) is 24.0 Å². The van der Waals surface area contributed by atoms with E-state index in [1.807, 2.05) is 31.8 Å². The summed E-state index contributed by atoms with van der Waals surface area (Å²) in [5.74, 6) is 0.874. The summed E-state index contributed by atoms with van der Waals surface area (Å²) < 4.78 is 20.1. The van der Waals surface area contributed by atoms with Gasteiger partial charge in [-0.3, -0.25) is 9.58 Å². The highest BCUT2D eigenvalue weighted by Crippen LogP contribution is 2.25. The number of likely N-dealkylation sites (N-methyl/N-ethyl adjacent to an activating group) is 1. The summed E-state index contributed by atoms with van der Waals surface area (Å²) in [7, 11) is 3.93. The number of nitrogens with zero attached hydrogens (tertiary/aromatic N) is 6. The van der Waals surface area contributed by atoms with Gasteiger partial charge in [0.1, 0.15) is 12.0 Å². The Bertz CT molecular complexity index is 641. The van der Waals surface area contributed by atoms with Gasteiger partial charge in [0, 0.05) is 63.9 Å². The lowest BCUT2D eigenvalue weighted by molar-refractivity contribution is 0.231. The van der Waals surface area contributed by atoms with Crippen LogP contribution in [-0.4, -0.2) is 56.4 Å². The zero-order valence-electron chi connectivity index (χ0n) is 13.8. The minimum atomic E-state index is -0.762. The van der Waals surface area contributed by atoms with E-state index in [2.05, 4.69) is 24.3 Å². The van der Waals surface area contributed by atoms with Gasteiger partial charge in [-0.1, -0.05) is 6.92 Å². The third-order valence-corrected chi connectivity index (χ3v) is 5.22. The highest BCUT2D eigenvalue weighted by Gasteiger charge is 2.33. The minimum Gasteiger partial charge on any atom is -0.348 e. The molecule has 6 nitrogen and oxygen atoms in total. The Hall–Kier alpha value is -1.54. The van der Waals surface area contributed by atoms with E-state index in [4.69, 9.17) is 0 Å². The average molecular weight is 338 g/mol. The summed E-state index contributed by atoms with van der Waals surface area (Å²) in [6, 6.07) is 2.17. The fraction of sp³-hybridized carbons (Fsp3) is 0.667. The van der Waals surface area contributed by atoms with Crippen molar-refractivity contribution < 1.29 is 4.39 Å². The molecule has 0 spiro atoms. The molecule has 1 aliphatic heterocycles. The largest absolute Gasteiger partial charge is 0.348 e. The Kier molecular flexibility index (Phi) is 4.91. The summed E-state index contributed by atoms with van der Waals surface area (Å²) in [5.41, 5.74) is 1.11. The number of hydrogen-bond donors (Lipinski definition) is 0. The van der Waals surface area contributed by atoms with Crippen molar-refractivity contribution in [2.24, 2.45) is 7.05 Å². The summed E-state index contributed by atoms with van der Waals surface area (Å²) >= 11 is 1.41. The average Bonchev–Trinajstić information content (AvgIpc) is 3.22. The number of aromatic nitrogens is 4. The van der Waals surface area contributed by atoms with Crippen molar-refractivity contribution in [2.75, 3.05) is 25.0 Å². The van der Waals surface area contributed by atoms with Crippen LogP contribution in [0.25, 0.3) is 0 Å². The van der Waals surface area contributed by atoms with Gasteiger partial charge in [0.25, 0.3) is 0 Å². The molecule has 2 aromatic heterocycles. The summed E-state index contributed by atoms with van der Waals surface area (Å²) in [5, 5.41) is 5.10. The van der Waals surface area contributed by atoms with Crippen molar-refractivity contribution in [2.45, 2.75) is 38.5 Å². The van der Waals surface area contributed by atoms with Crippen molar-refractivity contribution in [3.05, 3.63) is 23.8 Å². The van der Waals surface area contributed by atoms with Crippen LogP contribution in [0.4, 0.5) is 9.52 Å². The first-order valence-corrected chi connectivity index (χ1v) is 8.73. The fourth-order valence-electron chi connectivity index (χ4n) is 3.01. The monoisotopic (exact) mass is 338 g/mol. The van der Waals surface area contributed by atoms with E-state index in [0.717, 1.165) is 36.2 Å². The van der Waals surface area contributed by atoms with Crippen LogP contribution in [0.5, 0.6) is 0 Å². The van der Waals surface area contributed by atoms with Gasteiger partial charge >= 0.3 is 0 Å². The number of hydrogen-bond acceptors (Lipinski definition) is 6. The Labute approximate surface area is 140 Å². The van der Waals surface area contributed by atoms with Crippen LogP contribution in [0.2, 0.25) is 0 Å². The van der Waals surface area contributed by atoms with Crippen LogP contribution < -0.4 is 4.90 Å². The van der Waals surface area contributed by atoms with Crippen LogP contribution in [0.15, 0.2) is 12.3 Å².